The van der Waals surface area contributed by atoms with Crippen LogP contribution in [0.25, 0.3) is 0 Å². The summed E-state index contributed by atoms with van der Waals surface area (Å²) >= 11 is 0. The molecule has 6 heteroatoms. The van der Waals surface area contributed by atoms with Gasteiger partial charge in [0.25, 0.3) is 5.91 Å². The maximum absolute atomic E-state index is 12.1. The number of carbonyl (C=O) groups is 1. The van der Waals surface area contributed by atoms with Gasteiger partial charge in [-0.15, -0.1) is 0 Å². The molecule has 0 bridgehead atoms. The van der Waals surface area contributed by atoms with Crippen molar-refractivity contribution < 1.29 is 13.2 Å². The van der Waals surface area contributed by atoms with Gasteiger partial charge in [0.15, 0.2) is 9.84 Å². The highest BCUT2D eigenvalue weighted by Gasteiger charge is 2.11. The van der Waals surface area contributed by atoms with Gasteiger partial charge in [-0.25, -0.2) is 8.42 Å². The third-order valence-electron chi connectivity index (χ3n) is 3.17. The second-order valence-corrected chi connectivity index (χ2v) is 6.79. The van der Waals surface area contributed by atoms with Crippen LogP contribution in [0.3, 0.4) is 0 Å². The van der Waals surface area contributed by atoms with Crippen LogP contribution < -0.4 is 11.1 Å². The third-order valence-corrected chi connectivity index (χ3v) is 4.30. The molecule has 110 valence electrons. The molecule has 0 atom stereocenters. The molecule has 3 N–H and O–H groups in total. The smallest absolute Gasteiger partial charge is 0.255 e. The molecule has 2 rings (SSSR count). The standard InChI is InChI=1S/C15H16N2O3S/c1-10-13(16)4-3-5-14(10)17-15(18)11-6-8-12(9-7-11)21(2,19)20/h3-9H,16H2,1-2H3,(H,17,18). The molecule has 2 aromatic carbocycles. The fourth-order valence-corrected chi connectivity index (χ4v) is 2.47. The van der Waals surface area contributed by atoms with Crippen LogP contribution in [0.4, 0.5) is 11.4 Å². The Morgan fingerprint density at radius 1 is 1.10 bits per heavy atom. The largest absolute Gasteiger partial charge is 0.398 e. The molecule has 21 heavy (non-hydrogen) atoms. The number of carbonyl (C=O) groups excluding carboxylic acids is 1. The number of nitrogen functional groups attached to an aromatic ring is 1. The molecule has 5 nitrogen and oxygen atoms in total. The Labute approximate surface area is 123 Å². The lowest BCUT2D eigenvalue weighted by molar-refractivity contribution is 0.102. The average molecular weight is 304 g/mol. The van der Waals surface area contributed by atoms with E-state index in [-0.39, 0.29) is 10.8 Å². The highest BCUT2D eigenvalue weighted by atomic mass is 32.2. The second kappa shape index (κ2) is 5.57. The molecule has 0 aliphatic rings. The molecule has 0 saturated heterocycles. The molecular formula is C15H16N2O3S. The zero-order chi connectivity index (χ0) is 15.6. The Kier molecular flexibility index (Phi) is 3.99. The molecule has 0 aliphatic carbocycles. The Balaban J connectivity index is 2.23. The minimum Gasteiger partial charge on any atom is -0.398 e. The number of rotatable bonds is 3. The van der Waals surface area contributed by atoms with Gasteiger partial charge < -0.3 is 11.1 Å². The first-order valence-corrected chi connectivity index (χ1v) is 8.15. The summed E-state index contributed by atoms with van der Waals surface area (Å²) in [6.45, 7) is 1.82. The minimum absolute atomic E-state index is 0.180. The normalized spacial score (nSPS) is 11.1. The van der Waals surface area contributed by atoms with E-state index in [1.807, 2.05) is 6.92 Å². The van der Waals surface area contributed by atoms with Gasteiger partial charge in [0.1, 0.15) is 0 Å². The van der Waals surface area contributed by atoms with Crippen molar-refractivity contribution in [3.8, 4) is 0 Å². The van der Waals surface area contributed by atoms with Gasteiger partial charge in [0.2, 0.25) is 0 Å². The van der Waals surface area contributed by atoms with Crippen LogP contribution in [0, 0.1) is 6.92 Å². The second-order valence-electron chi connectivity index (χ2n) is 4.77. The molecule has 0 heterocycles. The number of hydrogen-bond donors (Lipinski definition) is 2. The van der Waals surface area contributed by atoms with E-state index < -0.39 is 9.84 Å². The molecule has 0 fully saturated rings. The van der Waals surface area contributed by atoms with Crippen molar-refractivity contribution in [1.82, 2.24) is 0 Å². The number of anilines is 2. The highest BCUT2D eigenvalue weighted by Crippen LogP contribution is 2.21. The zero-order valence-corrected chi connectivity index (χ0v) is 12.6. The molecule has 0 spiro atoms. The first kappa shape index (κ1) is 15.1. The van der Waals surface area contributed by atoms with Crippen LogP contribution in [0.1, 0.15) is 15.9 Å². The van der Waals surface area contributed by atoms with Crippen molar-refractivity contribution in [3.63, 3.8) is 0 Å². The summed E-state index contributed by atoms with van der Waals surface area (Å²) in [5.74, 6) is -0.316. The topological polar surface area (TPSA) is 89.3 Å². The van der Waals surface area contributed by atoms with Crippen LogP contribution in [-0.4, -0.2) is 20.6 Å². The number of amides is 1. The summed E-state index contributed by atoms with van der Waals surface area (Å²) in [4.78, 5) is 12.3. The summed E-state index contributed by atoms with van der Waals surface area (Å²) in [5.41, 5.74) is 8.18. The van der Waals surface area contributed by atoms with Crippen LogP contribution in [-0.2, 0) is 9.84 Å². The minimum atomic E-state index is -3.26. The van der Waals surface area contributed by atoms with Crippen molar-refractivity contribution in [1.29, 1.82) is 0 Å². The van der Waals surface area contributed by atoms with Crippen LogP contribution in [0.15, 0.2) is 47.4 Å². The fourth-order valence-electron chi connectivity index (χ4n) is 1.84. The molecule has 0 aliphatic heterocycles. The van der Waals surface area contributed by atoms with Crippen molar-refractivity contribution >= 4 is 27.1 Å². The Bertz CT molecular complexity index is 781. The summed E-state index contributed by atoms with van der Waals surface area (Å²) in [7, 11) is -3.26. The predicted molar refractivity (Wildman–Crippen MR) is 83.1 cm³/mol. The number of sulfone groups is 1. The first-order chi connectivity index (χ1) is 9.79. The summed E-state index contributed by atoms with van der Waals surface area (Å²) in [6.07, 6.45) is 1.12. The molecule has 2 aromatic rings. The molecular weight excluding hydrogens is 288 g/mol. The van der Waals surface area contributed by atoms with Crippen molar-refractivity contribution in [2.24, 2.45) is 0 Å². The highest BCUT2D eigenvalue weighted by molar-refractivity contribution is 7.90. The summed E-state index contributed by atoms with van der Waals surface area (Å²) in [5, 5.41) is 2.76. The van der Waals surface area contributed by atoms with Crippen LogP contribution >= 0.6 is 0 Å². The summed E-state index contributed by atoms with van der Waals surface area (Å²) < 4.78 is 22.7. The molecule has 0 aromatic heterocycles. The maximum Gasteiger partial charge on any atom is 0.255 e. The Morgan fingerprint density at radius 3 is 2.29 bits per heavy atom. The quantitative estimate of drug-likeness (QED) is 0.851. The monoisotopic (exact) mass is 304 g/mol. The molecule has 0 unspecified atom stereocenters. The number of nitrogens with one attached hydrogen (secondary N) is 1. The van der Waals surface area contributed by atoms with Gasteiger partial charge in [-0.05, 0) is 48.9 Å². The number of nitrogens with two attached hydrogens (primary N) is 1. The number of hydrogen-bond acceptors (Lipinski definition) is 4. The van der Waals surface area contributed by atoms with E-state index >= 15 is 0 Å². The van der Waals surface area contributed by atoms with E-state index in [2.05, 4.69) is 5.32 Å². The lowest BCUT2D eigenvalue weighted by Gasteiger charge is -2.10. The fraction of sp³-hybridized carbons (Fsp3) is 0.133. The predicted octanol–water partition coefficient (Wildman–Crippen LogP) is 2.23. The van der Waals surface area contributed by atoms with Gasteiger partial charge in [0.05, 0.1) is 4.90 Å². The molecule has 0 radical (unpaired) electrons. The van der Waals surface area contributed by atoms with Gasteiger partial charge in [-0.3, -0.25) is 4.79 Å². The van der Waals surface area contributed by atoms with E-state index in [1.165, 1.54) is 24.3 Å². The Morgan fingerprint density at radius 2 is 1.71 bits per heavy atom. The van der Waals surface area contributed by atoms with Gasteiger partial charge in [0, 0.05) is 23.2 Å². The van der Waals surface area contributed by atoms with Crippen LogP contribution in [0.2, 0.25) is 0 Å². The maximum atomic E-state index is 12.1. The van der Waals surface area contributed by atoms with Crippen molar-refractivity contribution in [2.75, 3.05) is 17.3 Å². The third kappa shape index (κ3) is 3.41. The summed E-state index contributed by atoms with van der Waals surface area (Å²) in [6, 6.07) is 11.1. The lowest BCUT2D eigenvalue weighted by Crippen LogP contribution is -2.13. The van der Waals surface area contributed by atoms with Crippen molar-refractivity contribution in [3.05, 3.63) is 53.6 Å². The van der Waals surface area contributed by atoms with E-state index in [4.69, 9.17) is 5.73 Å². The molecule has 0 saturated carbocycles. The van der Waals surface area contributed by atoms with Crippen LogP contribution in [0.5, 0.6) is 0 Å². The number of benzene rings is 2. The zero-order valence-electron chi connectivity index (χ0n) is 11.8. The van der Waals surface area contributed by atoms with Gasteiger partial charge >= 0.3 is 0 Å². The van der Waals surface area contributed by atoms with Gasteiger partial charge in [-0.1, -0.05) is 6.07 Å². The van der Waals surface area contributed by atoms with E-state index in [0.717, 1.165) is 11.8 Å². The van der Waals surface area contributed by atoms with E-state index in [1.54, 1.807) is 18.2 Å². The SMILES string of the molecule is Cc1c(N)cccc1NC(=O)c1ccc(S(C)(=O)=O)cc1. The van der Waals surface area contributed by atoms with Crippen molar-refractivity contribution in [2.45, 2.75) is 11.8 Å². The Hall–Kier alpha value is -2.34. The van der Waals surface area contributed by atoms with E-state index in [9.17, 15) is 13.2 Å². The molecule has 1 amide bonds. The average Bonchev–Trinajstić information content (AvgIpc) is 2.43. The van der Waals surface area contributed by atoms with E-state index in [0.29, 0.717) is 16.9 Å². The lowest BCUT2D eigenvalue weighted by atomic mass is 10.1. The first-order valence-electron chi connectivity index (χ1n) is 6.25. The van der Waals surface area contributed by atoms with Gasteiger partial charge in [-0.2, -0.15) is 0 Å².